The third kappa shape index (κ3) is 2.25. The number of para-hydroxylation sites is 1. The van der Waals surface area contributed by atoms with Gasteiger partial charge in [0.1, 0.15) is 6.07 Å². The van der Waals surface area contributed by atoms with Gasteiger partial charge in [0.05, 0.1) is 11.3 Å². The van der Waals surface area contributed by atoms with Gasteiger partial charge in [-0.1, -0.05) is 12.1 Å². The Morgan fingerprint density at radius 3 is 2.56 bits per heavy atom. The molecule has 1 N–H and O–H groups in total. The van der Waals surface area contributed by atoms with Gasteiger partial charge in [-0.05, 0) is 12.1 Å². The topological polar surface area (TPSA) is 48.7 Å². The zero-order valence-electron chi connectivity index (χ0n) is 8.92. The standard InChI is InChI=1S/C12H6F3N3/c13-8-5-9(14)12(18-11(8)15)17-10-4-2-1-3-7(10)6-16/h1-5H,(H,17,18). The monoisotopic (exact) mass is 249 g/mol. The lowest BCUT2D eigenvalue weighted by Crippen LogP contribution is -2.02. The van der Waals surface area contributed by atoms with Crippen molar-refractivity contribution in [1.82, 2.24) is 4.98 Å². The molecule has 2 rings (SSSR count). The summed E-state index contributed by atoms with van der Waals surface area (Å²) in [6.07, 6.45) is 0. The number of hydrogen-bond donors (Lipinski definition) is 1. The molecule has 18 heavy (non-hydrogen) atoms. The van der Waals surface area contributed by atoms with Crippen LogP contribution in [0.4, 0.5) is 24.7 Å². The number of aromatic nitrogens is 1. The predicted molar refractivity (Wildman–Crippen MR) is 58.6 cm³/mol. The normalized spacial score (nSPS) is 9.89. The first-order valence-corrected chi connectivity index (χ1v) is 4.89. The summed E-state index contributed by atoms with van der Waals surface area (Å²) in [7, 11) is 0. The molecule has 0 bridgehead atoms. The smallest absolute Gasteiger partial charge is 0.251 e. The summed E-state index contributed by atoms with van der Waals surface area (Å²) < 4.78 is 38.9. The second kappa shape index (κ2) is 4.75. The van der Waals surface area contributed by atoms with Gasteiger partial charge in [-0.25, -0.2) is 8.78 Å². The van der Waals surface area contributed by atoms with Crippen molar-refractivity contribution in [3.63, 3.8) is 0 Å². The number of nitrogens with one attached hydrogen (secondary N) is 1. The maximum atomic E-state index is 13.3. The van der Waals surface area contributed by atoms with Gasteiger partial charge < -0.3 is 5.32 Å². The highest BCUT2D eigenvalue weighted by molar-refractivity contribution is 5.64. The summed E-state index contributed by atoms with van der Waals surface area (Å²) in [4.78, 5) is 3.11. The fourth-order valence-corrected chi connectivity index (χ4v) is 1.35. The largest absolute Gasteiger partial charge is 0.337 e. The lowest BCUT2D eigenvalue weighted by Gasteiger charge is -2.08. The second-order valence-corrected chi connectivity index (χ2v) is 3.37. The van der Waals surface area contributed by atoms with Gasteiger partial charge in [0.15, 0.2) is 17.5 Å². The van der Waals surface area contributed by atoms with E-state index >= 15 is 0 Å². The van der Waals surface area contributed by atoms with Crippen LogP contribution in [0.5, 0.6) is 0 Å². The molecule has 0 spiro atoms. The molecule has 0 saturated carbocycles. The predicted octanol–water partition coefficient (Wildman–Crippen LogP) is 3.11. The molecule has 90 valence electrons. The van der Waals surface area contributed by atoms with Crippen molar-refractivity contribution < 1.29 is 13.2 Å². The molecular formula is C12H6F3N3. The van der Waals surface area contributed by atoms with Gasteiger partial charge >= 0.3 is 0 Å². The minimum absolute atomic E-state index is 0.239. The quantitative estimate of drug-likeness (QED) is 0.832. The van der Waals surface area contributed by atoms with Crippen molar-refractivity contribution in [3.8, 4) is 6.07 Å². The Bertz CT molecular complexity index is 635. The summed E-state index contributed by atoms with van der Waals surface area (Å²) in [5.74, 6) is -4.29. The SMILES string of the molecule is N#Cc1ccccc1Nc1nc(F)c(F)cc1F. The van der Waals surface area contributed by atoms with E-state index in [0.29, 0.717) is 6.07 Å². The second-order valence-electron chi connectivity index (χ2n) is 3.37. The zero-order valence-corrected chi connectivity index (χ0v) is 8.92. The molecule has 0 saturated heterocycles. The molecule has 0 aliphatic carbocycles. The van der Waals surface area contributed by atoms with Gasteiger partial charge in [-0.15, -0.1) is 0 Å². The van der Waals surface area contributed by atoms with Gasteiger partial charge in [0.25, 0.3) is 5.95 Å². The van der Waals surface area contributed by atoms with Crippen LogP contribution in [-0.4, -0.2) is 4.98 Å². The van der Waals surface area contributed by atoms with Crippen LogP contribution >= 0.6 is 0 Å². The summed E-state index contributed by atoms with van der Waals surface area (Å²) in [6.45, 7) is 0. The molecule has 0 unspecified atom stereocenters. The number of hydrogen-bond acceptors (Lipinski definition) is 3. The molecule has 1 aromatic heterocycles. The molecule has 1 heterocycles. The third-order valence-corrected chi connectivity index (χ3v) is 2.19. The number of benzene rings is 1. The van der Waals surface area contributed by atoms with Crippen LogP contribution in [0.25, 0.3) is 0 Å². The van der Waals surface area contributed by atoms with E-state index in [1.54, 1.807) is 12.1 Å². The van der Waals surface area contributed by atoms with Crippen molar-refractivity contribution in [2.45, 2.75) is 0 Å². The Morgan fingerprint density at radius 2 is 1.83 bits per heavy atom. The molecule has 0 aliphatic rings. The Kier molecular flexibility index (Phi) is 3.15. The van der Waals surface area contributed by atoms with E-state index in [2.05, 4.69) is 10.3 Å². The number of halogens is 3. The molecule has 0 fully saturated rings. The van der Waals surface area contributed by atoms with Crippen LogP contribution < -0.4 is 5.32 Å². The fraction of sp³-hybridized carbons (Fsp3) is 0. The van der Waals surface area contributed by atoms with Crippen molar-refractivity contribution >= 4 is 11.5 Å². The summed E-state index contributed by atoms with van der Waals surface area (Å²) in [5, 5.41) is 11.3. The highest BCUT2D eigenvalue weighted by atomic mass is 19.2. The van der Waals surface area contributed by atoms with Gasteiger partial charge in [0.2, 0.25) is 0 Å². The number of rotatable bonds is 2. The Hall–Kier alpha value is -2.55. The maximum absolute atomic E-state index is 13.3. The Balaban J connectivity index is 2.41. The lowest BCUT2D eigenvalue weighted by atomic mass is 10.2. The van der Waals surface area contributed by atoms with Crippen LogP contribution in [0.1, 0.15) is 5.56 Å². The fourth-order valence-electron chi connectivity index (χ4n) is 1.35. The summed E-state index contributed by atoms with van der Waals surface area (Å²) >= 11 is 0. The van der Waals surface area contributed by atoms with Gasteiger partial charge in [-0.3, -0.25) is 0 Å². The van der Waals surface area contributed by atoms with Gasteiger partial charge in [0, 0.05) is 6.07 Å². The van der Waals surface area contributed by atoms with Crippen molar-refractivity contribution in [2.75, 3.05) is 5.32 Å². The van der Waals surface area contributed by atoms with E-state index < -0.39 is 23.4 Å². The summed E-state index contributed by atoms with van der Waals surface area (Å²) in [6, 6.07) is 8.51. The van der Waals surface area contributed by atoms with Gasteiger partial charge in [-0.2, -0.15) is 14.6 Å². The van der Waals surface area contributed by atoms with E-state index in [1.165, 1.54) is 12.1 Å². The molecular weight excluding hydrogens is 243 g/mol. The van der Waals surface area contributed by atoms with Crippen molar-refractivity contribution in [2.24, 2.45) is 0 Å². The van der Waals surface area contributed by atoms with E-state index in [4.69, 9.17) is 5.26 Å². The molecule has 2 aromatic rings. The van der Waals surface area contributed by atoms with Crippen LogP contribution in [-0.2, 0) is 0 Å². The van der Waals surface area contributed by atoms with Crippen molar-refractivity contribution in [3.05, 3.63) is 53.5 Å². The van der Waals surface area contributed by atoms with Crippen LogP contribution in [0.15, 0.2) is 30.3 Å². The highest BCUT2D eigenvalue weighted by Crippen LogP contribution is 2.22. The maximum Gasteiger partial charge on any atom is 0.251 e. The third-order valence-electron chi connectivity index (χ3n) is 2.19. The molecule has 3 nitrogen and oxygen atoms in total. The minimum Gasteiger partial charge on any atom is -0.337 e. The first kappa shape index (κ1) is 11.9. The molecule has 0 aliphatic heterocycles. The molecule has 6 heteroatoms. The number of anilines is 2. The highest BCUT2D eigenvalue weighted by Gasteiger charge is 2.12. The number of nitriles is 1. The Labute approximate surface area is 101 Å². The lowest BCUT2D eigenvalue weighted by molar-refractivity contribution is 0.467. The number of pyridine rings is 1. The molecule has 0 amide bonds. The first-order valence-electron chi connectivity index (χ1n) is 4.89. The average Bonchev–Trinajstić information content (AvgIpc) is 2.36. The van der Waals surface area contributed by atoms with E-state index in [1.807, 2.05) is 6.07 Å². The zero-order chi connectivity index (χ0) is 13.1. The van der Waals surface area contributed by atoms with Crippen LogP contribution in [0.2, 0.25) is 0 Å². The molecule has 1 aromatic carbocycles. The van der Waals surface area contributed by atoms with Crippen LogP contribution in [0, 0.1) is 28.9 Å². The number of nitrogens with zero attached hydrogens (tertiary/aromatic N) is 2. The average molecular weight is 249 g/mol. The van der Waals surface area contributed by atoms with E-state index in [9.17, 15) is 13.2 Å². The minimum atomic E-state index is -1.41. The Morgan fingerprint density at radius 1 is 1.11 bits per heavy atom. The van der Waals surface area contributed by atoms with E-state index in [0.717, 1.165) is 0 Å². The van der Waals surface area contributed by atoms with Crippen molar-refractivity contribution in [1.29, 1.82) is 5.26 Å². The first-order chi connectivity index (χ1) is 8.61. The molecule has 0 atom stereocenters. The summed E-state index contributed by atoms with van der Waals surface area (Å²) in [5.41, 5.74) is 0.501. The van der Waals surface area contributed by atoms with E-state index in [-0.39, 0.29) is 11.3 Å². The van der Waals surface area contributed by atoms with Crippen LogP contribution in [0.3, 0.4) is 0 Å². The molecule has 0 radical (unpaired) electrons.